The molecule has 0 aromatic heterocycles. The van der Waals surface area contributed by atoms with Crippen LogP contribution in [0.4, 0.5) is 0 Å². The first kappa shape index (κ1) is 46.5. The van der Waals surface area contributed by atoms with Crippen LogP contribution in [0.25, 0.3) is 0 Å². The lowest BCUT2D eigenvalue weighted by atomic mass is 9.82. The fourth-order valence-corrected chi connectivity index (χ4v) is 9.69. The second-order valence-electron chi connectivity index (χ2n) is 17.1. The number of allylic oxidation sites excluding steroid dienone is 3. The number of carbonyl (C=O) groups is 4. The van der Waals surface area contributed by atoms with E-state index in [-0.39, 0.29) is 54.9 Å². The summed E-state index contributed by atoms with van der Waals surface area (Å²) in [5, 5.41) is 23.6. The maximum absolute atomic E-state index is 14.3. The van der Waals surface area contributed by atoms with E-state index in [1.54, 1.807) is 21.0 Å². The maximum Gasteiger partial charge on any atom is 0.329 e. The lowest BCUT2D eigenvalue weighted by molar-refractivity contribution is -0.302. The van der Waals surface area contributed by atoms with E-state index in [9.17, 15) is 29.4 Å². The first-order valence-corrected chi connectivity index (χ1v) is 21.2. The van der Waals surface area contributed by atoms with Crippen molar-refractivity contribution in [2.75, 3.05) is 27.9 Å². The van der Waals surface area contributed by atoms with Gasteiger partial charge in [0.1, 0.15) is 24.0 Å². The number of methoxy groups -OCH3 is 3. The number of ketones is 2. The lowest BCUT2D eigenvalue weighted by Gasteiger charge is -2.47. The van der Waals surface area contributed by atoms with E-state index in [0.717, 1.165) is 18.4 Å². The van der Waals surface area contributed by atoms with Gasteiger partial charge in [-0.15, -0.1) is 11.6 Å². The van der Waals surface area contributed by atoms with Gasteiger partial charge in [0.2, 0.25) is 5.79 Å². The van der Waals surface area contributed by atoms with Crippen molar-refractivity contribution in [1.82, 2.24) is 4.90 Å². The number of rotatable bonds is 6. The second-order valence-corrected chi connectivity index (χ2v) is 17.7. The second kappa shape index (κ2) is 20.7. The van der Waals surface area contributed by atoms with Crippen molar-refractivity contribution in [2.24, 2.45) is 29.6 Å². The summed E-state index contributed by atoms with van der Waals surface area (Å²) in [5.74, 6) is -7.31. The molecular formula is C43H68ClNO11. The van der Waals surface area contributed by atoms with Gasteiger partial charge in [-0.2, -0.15) is 0 Å². The molecule has 4 rings (SSSR count). The number of aliphatic hydroxyl groups is 2. The van der Waals surface area contributed by atoms with Gasteiger partial charge in [-0.1, -0.05) is 45.4 Å². The highest BCUT2D eigenvalue weighted by Crippen LogP contribution is 2.39. The minimum absolute atomic E-state index is 0.0425. The van der Waals surface area contributed by atoms with Gasteiger partial charge < -0.3 is 38.8 Å². The molecule has 2 bridgehead atoms. The average Bonchev–Trinajstić information content (AvgIpc) is 3.18. The molecule has 14 atom stereocenters. The number of piperidine rings is 1. The zero-order valence-corrected chi connectivity index (χ0v) is 35.8. The first-order chi connectivity index (χ1) is 26.5. The molecule has 3 heterocycles. The molecule has 12 nitrogen and oxygen atoms in total. The highest BCUT2D eigenvalue weighted by molar-refractivity contribution is 6.39. The number of halogens is 1. The van der Waals surface area contributed by atoms with E-state index in [0.29, 0.717) is 44.1 Å². The Bertz CT molecular complexity index is 1440. The Morgan fingerprint density at radius 2 is 1.62 bits per heavy atom. The van der Waals surface area contributed by atoms with Gasteiger partial charge in [0.25, 0.3) is 11.7 Å². The number of aliphatic hydroxyl groups excluding tert-OH is 1. The molecule has 13 heteroatoms. The number of hydrogen-bond donors (Lipinski definition) is 2. The third-order valence-electron chi connectivity index (χ3n) is 12.8. The van der Waals surface area contributed by atoms with Crippen LogP contribution in [-0.4, -0.2) is 120 Å². The third-order valence-corrected chi connectivity index (χ3v) is 13.3. The molecule has 4 aliphatic rings. The minimum Gasteiger partial charge on any atom is -0.456 e. The fraction of sp³-hybridized carbons (Fsp3) is 0.814. The fourth-order valence-electron chi connectivity index (χ4n) is 9.36. The maximum atomic E-state index is 14.3. The standard InChI is InChI=1S/C43H68ClNO11/c1-10-30-18-24(2)17-25(3)19-36(53-8)39-37(54-9)21-27(5)43(51,56-39)40(48)41(49)45-16-12-11-13-32(45)42(50)55-38(28(6)33(46)23-34(30)47)26(4)20-29-14-15-31(44)35(22-29)52-7/h18,20,25,27-33,35-39,46,51H,10-17,19,21-23H2,1-9H3/b24-18+,26-20+/t25-,27-,28-,29+,30+,31+,32?,33+,35-,36+,37+,38-,39-,43-/m1/s1. The van der Waals surface area contributed by atoms with Crippen LogP contribution in [0.5, 0.6) is 0 Å². The van der Waals surface area contributed by atoms with Crippen molar-refractivity contribution in [3.05, 3.63) is 23.3 Å². The molecule has 1 saturated carbocycles. The Labute approximate surface area is 339 Å². The predicted molar refractivity (Wildman–Crippen MR) is 212 cm³/mol. The van der Waals surface area contributed by atoms with Crippen molar-refractivity contribution < 1.29 is 53.1 Å². The van der Waals surface area contributed by atoms with E-state index in [1.165, 1.54) is 19.1 Å². The molecule has 1 aliphatic carbocycles. The lowest BCUT2D eigenvalue weighted by Crippen LogP contribution is -2.64. The zero-order chi connectivity index (χ0) is 41.5. The number of nitrogens with zero attached hydrogens (tertiary/aromatic N) is 1. The zero-order valence-electron chi connectivity index (χ0n) is 35.0. The number of amides is 1. The van der Waals surface area contributed by atoms with Crippen LogP contribution < -0.4 is 0 Å². The van der Waals surface area contributed by atoms with Gasteiger partial charge in [0.05, 0.1) is 29.8 Å². The summed E-state index contributed by atoms with van der Waals surface area (Å²) >= 11 is 6.52. The van der Waals surface area contributed by atoms with Crippen LogP contribution in [-0.2, 0) is 42.9 Å². The third kappa shape index (κ3) is 10.9. The Balaban J connectivity index is 1.76. The average molecular weight is 810 g/mol. The van der Waals surface area contributed by atoms with Crippen LogP contribution in [0.3, 0.4) is 0 Å². The normalized spacial score (nSPS) is 41.6. The highest BCUT2D eigenvalue weighted by atomic mass is 35.5. The number of Topliss-reactive ketones (excluding diaryl/α,β-unsaturated/α-hetero) is 2. The molecule has 1 amide bonds. The number of ether oxygens (including phenoxy) is 5. The summed E-state index contributed by atoms with van der Waals surface area (Å²) in [5.41, 5.74) is 1.71. The first-order valence-electron chi connectivity index (χ1n) is 20.7. The number of carbonyl (C=O) groups excluding carboxylic acids is 4. The summed E-state index contributed by atoms with van der Waals surface area (Å²) in [6.45, 7) is 11.3. The quantitative estimate of drug-likeness (QED) is 0.146. The van der Waals surface area contributed by atoms with E-state index >= 15 is 0 Å². The van der Waals surface area contributed by atoms with Crippen molar-refractivity contribution >= 4 is 35.0 Å². The number of fused-ring (bicyclic) bond motifs is 3. The molecular weight excluding hydrogens is 742 g/mol. The molecule has 1 unspecified atom stereocenters. The van der Waals surface area contributed by atoms with Crippen LogP contribution in [0.2, 0.25) is 0 Å². The summed E-state index contributed by atoms with van der Waals surface area (Å²) in [4.78, 5) is 57.7. The summed E-state index contributed by atoms with van der Waals surface area (Å²) in [6.07, 6.45) is 5.16. The Hall–Kier alpha value is -2.19. The molecule has 56 heavy (non-hydrogen) atoms. The highest BCUT2D eigenvalue weighted by Gasteiger charge is 2.56. The number of esters is 1. The van der Waals surface area contributed by atoms with E-state index in [1.807, 2.05) is 32.9 Å². The van der Waals surface area contributed by atoms with E-state index in [4.69, 9.17) is 35.3 Å². The monoisotopic (exact) mass is 809 g/mol. The summed E-state index contributed by atoms with van der Waals surface area (Å²) < 4.78 is 29.9. The van der Waals surface area contributed by atoms with Crippen LogP contribution in [0.1, 0.15) is 112 Å². The molecule has 0 radical (unpaired) electrons. The van der Waals surface area contributed by atoms with Gasteiger partial charge >= 0.3 is 5.97 Å². The van der Waals surface area contributed by atoms with Crippen molar-refractivity contribution in [2.45, 2.75) is 166 Å². The molecule has 0 aromatic carbocycles. The van der Waals surface area contributed by atoms with Crippen LogP contribution >= 0.6 is 11.6 Å². The van der Waals surface area contributed by atoms with E-state index in [2.05, 4.69) is 6.92 Å². The molecule has 318 valence electrons. The predicted octanol–water partition coefficient (Wildman–Crippen LogP) is 5.72. The van der Waals surface area contributed by atoms with Gasteiger partial charge in [0.15, 0.2) is 0 Å². The topological polar surface area (TPSA) is 158 Å². The number of alkyl halides is 1. The SMILES string of the molecule is CC[C@H]1/C=C(\C)C[C@@H](C)C[C@H](OC)[C@H]2O[C@@](O)(C(=O)C(=O)N3CCCCC3C(=O)O[C@H](/C(C)=C/[C@@H]3CC[C@H](Cl)[C@H](OC)C3)[C@H](C)[C@@H](O)CC1=O)[C@H](C)C[C@@H]2OC. The molecule has 0 aromatic rings. The number of hydrogen-bond acceptors (Lipinski definition) is 11. The largest absolute Gasteiger partial charge is 0.456 e. The van der Waals surface area contributed by atoms with Gasteiger partial charge in [0, 0.05) is 52.0 Å². The molecule has 2 N–H and O–H groups in total. The minimum atomic E-state index is -2.49. The van der Waals surface area contributed by atoms with Crippen LogP contribution in [0.15, 0.2) is 23.3 Å². The Morgan fingerprint density at radius 1 is 0.964 bits per heavy atom. The summed E-state index contributed by atoms with van der Waals surface area (Å²) in [7, 11) is 4.71. The Kier molecular flexibility index (Phi) is 17.2. The molecule has 3 aliphatic heterocycles. The Morgan fingerprint density at radius 3 is 2.27 bits per heavy atom. The van der Waals surface area contributed by atoms with Gasteiger partial charge in [-0.25, -0.2) is 4.79 Å². The van der Waals surface area contributed by atoms with E-state index < -0.39 is 77.8 Å². The van der Waals surface area contributed by atoms with Crippen molar-refractivity contribution in [1.29, 1.82) is 0 Å². The van der Waals surface area contributed by atoms with Gasteiger partial charge in [-0.3, -0.25) is 14.4 Å². The molecule has 3 fully saturated rings. The summed E-state index contributed by atoms with van der Waals surface area (Å²) in [6, 6.07) is -1.12. The smallest absolute Gasteiger partial charge is 0.329 e. The number of cyclic esters (lactones) is 1. The van der Waals surface area contributed by atoms with Crippen LogP contribution in [0, 0.1) is 29.6 Å². The van der Waals surface area contributed by atoms with Crippen molar-refractivity contribution in [3.8, 4) is 0 Å². The van der Waals surface area contributed by atoms with Crippen molar-refractivity contribution in [3.63, 3.8) is 0 Å². The molecule has 0 spiro atoms. The van der Waals surface area contributed by atoms with Gasteiger partial charge in [-0.05, 0) is 95.5 Å². The molecule has 2 saturated heterocycles.